The molecule has 0 aromatic rings. The van der Waals surface area contributed by atoms with E-state index < -0.39 is 20.1 Å². The van der Waals surface area contributed by atoms with Crippen LogP contribution in [-0.4, -0.2) is 25.2 Å². The molecule has 0 aliphatic carbocycles. The van der Waals surface area contributed by atoms with Crippen LogP contribution in [0.4, 0.5) is 0 Å². The molecule has 0 radical (unpaired) electrons. The van der Waals surface area contributed by atoms with Gasteiger partial charge in [-0.05, 0) is 6.04 Å². The van der Waals surface area contributed by atoms with E-state index in [4.69, 9.17) is 10.8 Å². The van der Waals surface area contributed by atoms with Gasteiger partial charge in [0.25, 0.3) is 0 Å². The maximum absolute atomic E-state index is 10.4. The van der Waals surface area contributed by atoms with Crippen molar-refractivity contribution in [2.45, 2.75) is 38.1 Å². The fourth-order valence-electron chi connectivity index (χ4n) is 0.827. The van der Waals surface area contributed by atoms with Crippen molar-refractivity contribution in [3.63, 3.8) is 0 Å². The average molecular weight is 175 g/mol. The molecule has 0 spiro atoms. The van der Waals surface area contributed by atoms with Gasteiger partial charge in [0, 0.05) is 8.07 Å². The highest BCUT2D eigenvalue weighted by Crippen LogP contribution is 2.15. The molecule has 0 aliphatic rings. The van der Waals surface area contributed by atoms with Crippen LogP contribution in [0.15, 0.2) is 0 Å². The molecule has 0 saturated carbocycles. The summed E-state index contributed by atoms with van der Waals surface area (Å²) in [6, 6.07) is 1.11. The van der Waals surface area contributed by atoms with Crippen LogP contribution in [0.1, 0.15) is 6.92 Å². The molecule has 66 valence electrons. The smallest absolute Gasteiger partial charge is 0.320 e. The molecule has 3 N–H and O–H groups in total. The monoisotopic (exact) mass is 175 g/mol. The van der Waals surface area contributed by atoms with Crippen LogP contribution in [0.5, 0.6) is 0 Å². The van der Waals surface area contributed by atoms with Gasteiger partial charge in [0.2, 0.25) is 0 Å². The third kappa shape index (κ3) is 4.16. The highest BCUT2D eigenvalue weighted by atomic mass is 28.3. The van der Waals surface area contributed by atoms with E-state index in [2.05, 4.69) is 20.0 Å². The molecule has 3 nitrogen and oxygen atoms in total. The molecule has 1 atom stereocenters. The van der Waals surface area contributed by atoms with E-state index in [-0.39, 0.29) is 0 Å². The highest BCUT2D eigenvalue weighted by Gasteiger charge is 2.24. The number of hydrogen-bond acceptors (Lipinski definition) is 2. The first kappa shape index (κ1) is 10.6. The minimum atomic E-state index is -1.31. The van der Waals surface area contributed by atoms with Gasteiger partial charge in [-0.25, -0.2) is 0 Å². The Labute approximate surface area is 68.6 Å². The molecule has 11 heavy (non-hydrogen) atoms. The van der Waals surface area contributed by atoms with E-state index in [0.29, 0.717) is 6.04 Å². The van der Waals surface area contributed by atoms with Gasteiger partial charge in [0.15, 0.2) is 0 Å². The predicted molar refractivity (Wildman–Crippen MR) is 48.4 cm³/mol. The van der Waals surface area contributed by atoms with E-state index in [9.17, 15) is 4.79 Å². The van der Waals surface area contributed by atoms with Gasteiger partial charge in [0.05, 0.1) is 0 Å². The Bertz CT molecular complexity index is 147. The highest BCUT2D eigenvalue weighted by molar-refractivity contribution is 6.77. The van der Waals surface area contributed by atoms with Crippen molar-refractivity contribution in [3.05, 3.63) is 0 Å². The van der Waals surface area contributed by atoms with Gasteiger partial charge in [0.1, 0.15) is 6.04 Å². The molecular formula is C7H17NO2Si. The zero-order valence-electron chi connectivity index (χ0n) is 7.42. The summed E-state index contributed by atoms with van der Waals surface area (Å²) in [5.74, 6) is -0.876. The van der Waals surface area contributed by atoms with E-state index >= 15 is 0 Å². The summed E-state index contributed by atoms with van der Waals surface area (Å²) >= 11 is 0. The lowest BCUT2D eigenvalue weighted by Crippen LogP contribution is -2.39. The lowest BCUT2D eigenvalue weighted by molar-refractivity contribution is -0.138. The molecule has 0 rings (SSSR count). The first-order valence-corrected chi connectivity index (χ1v) is 7.29. The normalized spacial score (nSPS) is 14.5. The quantitative estimate of drug-likeness (QED) is 0.629. The second-order valence-electron chi connectivity index (χ2n) is 3.67. The van der Waals surface area contributed by atoms with Crippen molar-refractivity contribution in [3.8, 4) is 0 Å². The van der Waals surface area contributed by atoms with Gasteiger partial charge >= 0.3 is 5.97 Å². The molecule has 0 saturated heterocycles. The van der Waals surface area contributed by atoms with E-state index in [0.717, 1.165) is 6.04 Å². The first-order chi connectivity index (χ1) is 4.89. The number of nitrogens with two attached hydrogens (primary N) is 1. The summed E-state index contributed by atoms with van der Waals surface area (Å²) in [5, 5.41) is 8.54. The lowest BCUT2D eigenvalue weighted by atomic mass is 10.4. The number of hydrogen-bond donors (Lipinski definition) is 2. The third-order valence-electron chi connectivity index (χ3n) is 2.05. The minimum Gasteiger partial charge on any atom is -0.480 e. The first-order valence-electron chi connectivity index (χ1n) is 3.87. The van der Waals surface area contributed by atoms with Crippen LogP contribution in [0.2, 0.25) is 25.2 Å². The molecule has 0 fully saturated rings. The van der Waals surface area contributed by atoms with Crippen molar-refractivity contribution < 1.29 is 9.90 Å². The summed E-state index contributed by atoms with van der Waals surface area (Å²) in [5.41, 5.74) is 5.41. The predicted octanol–water partition coefficient (Wildman–Crippen LogP) is 1.13. The van der Waals surface area contributed by atoms with Crippen molar-refractivity contribution >= 4 is 14.0 Å². The average Bonchev–Trinajstić information content (AvgIpc) is 1.87. The molecular weight excluding hydrogens is 158 g/mol. The minimum absolute atomic E-state index is 0.656. The molecule has 0 aromatic carbocycles. The van der Waals surface area contributed by atoms with Crippen molar-refractivity contribution in [2.75, 3.05) is 0 Å². The van der Waals surface area contributed by atoms with Gasteiger partial charge < -0.3 is 10.8 Å². The molecule has 0 aromatic heterocycles. The lowest BCUT2D eigenvalue weighted by Gasteiger charge is -2.21. The van der Waals surface area contributed by atoms with Gasteiger partial charge in [-0.15, -0.1) is 0 Å². The van der Waals surface area contributed by atoms with Crippen LogP contribution in [0.25, 0.3) is 0 Å². The van der Waals surface area contributed by atoms with Crippen molar-refractivity contribution in [1.82, 2.24) is 0 Å². The number of carbonyl (C=O) groups is 1. The van der Waals surface area contributed by atoms with Crippen molar-refractivity contribution in [2.24, 2.45) is 5.73 Å². The van der Waals surface area contributed by atoms with Crippen LogP contribution >= 0.6 is 0 Å². The Hall–Kier alpha value is -0.353. The van der Waals surface area contributed by atoms with Gasteiger partial charge in [-0.1, -0.05) is 26.1 Å². The largest absolute Gasteiger partial charge is 0.480 e. The number of rotatable bonds is 4. The number of aliphatic carboxylic acids is 1. The van der Waals surface area contributed by atoms with Crippen LogP contribution in [0, 0.1) is 0 Å². The number of carboxylic acids is 1. The van der Waals surface area contributed by atoms with Crippen molar-refractivity contribution in [1.29, 1.82) is 0 Å². The summed E-state index contributed by atoms with van der Waals surface area (Å²) in [6.07, 6.45) is 0. The Morgan fingerprint density at radius 3 is 2.36 bits per heavy atom. The fourth-order valence-corrected chi connectivity index (χ4v) is 2.48. The van der Waals surface area contributed by atoms with Crippen LogP contribution in [0.3, 0.4) is 0 Å². The fraction of sp³-hybridized carbons (Fsp3) is 0.857. The zero-order chi connectivity index (χ0) is 9.07. The maximum atomic E-state index is 10.4. The third-order valence-corrected chi connectivity index (χ3v) is 5.51. The van der Waals surface area contributed by atoms with E-state index in [1.807, 2.05) is 0 Å². The molecule has 4 heteroatoms. The zero-order valence-corrected chi connectivity index (χ0v) is 8.42. The Balaban J connectivity index is 3.93. The van der Waals surface area contributed by atoms with Gasteiger partial charge in [-0.2, -0.15) is 0 Å². The Morgan fingerprint density at radius 1 is 1.64 bits per heavy atom. The second kappa shape index (κ2) is 3.87. The molecule has 0 heterocycles. The molecule has 1 unspecified atom stereocenters. The molecule has 0 amide bonds. The second-order valence-corrected chi connectivity index (χ2v) is 9.11. The van der Waals surface area contributed by atoms with E-state index in [1.54, 1.807) is 0 Å². The standard InChI is InChI=1S/C7H17NO2Si/c1-4-11(2,3)5-6(8)7(9)10/h6H,4-5,8H2,1-3H3,(H,9,10). The molecule has 0 aliphatic heterocycles. The topological polar surface area (TPSA) is 63.3 Å². The summed E-state index contributed by atoms with van der Waals surface area (Å²) in [7, 11) is -1.31. The van der Waals surface area contributed by atoms with Crippen LogP contribution in [-0.2, 0) is 4.79 Å². The Kier molecular flexibility index (Phi) is 3.75. The Morgan fingerprint density at radius 2 is 2.09 bits per heavy atom. The summed E-state index contributed by atoms with van der Waals surface area (Å²) in [6.45, 7) is 6.42. The van der Waals surface area contributed by atoms with Gasteiger partial charge in [-0.3, -0.25) is 4.79 Å². The summed E-state index contributed by atoms with van der Waals surface area (Å²) < 4.78 is 0. The molecule has 0 bridgehead atoms. The van der Waals surface area contributed by atoms with Crippen LogP contribution < -0.4 is 5.73 Å². The SMILES string of the molecule is CC[Si](C)(C)CC(N)C(=O)O. The summed E-state index contributed by atoms with van der Waals surface area (Å²) in [4.78, 5) is 10.4. The van der Waals surface area contributed by atoms with E-state index in [1.165, 1.54) is 0 Å². The number of carboxylic acid groups (broad SMARTS) is 1. The maximum Gasteiger partial charge on any atom is 0.320 e.